The Morgan fingerprint density at radius 2 is 1.79 bits per heavy atom. The monoisotopic (exact) mass is 469 g/mol. The van der Waals surface area contributed by atoms with Crippen molar-refractivity contribution < 1.29 is 13.6 Å². The molecule has 2 aromatic rings. The average Bonchev–Trinajstić information content (AvgIpc) is 3.37. The highest BCUT2D eigenvalue weighted by molar-refractivity contribution is 5.84. The van der Waals surface area contributed by atoms with E-state index >= 15 is 0 Å². The van der Waals surface area contributed by atoms with Crippen LogP contribution in [0.5, 0.6) is 0 Å². The minimum absolute atomic E-state index is 0.0138. The summed E-state index contributed by atoms with van der Waals surface area (Å²) in [6.07, 6.45) is 11.3. The van der Waals surface area contributed by atoms with Crippen LogP contribution in [0, 0.1) is 58.0 Å². The zero-order valence-corrected chi connectivity index (χ0v) is 20.7. The molecule has 4 nitrogen and oxygen atoms in total. The van der Waals surface area contributed by atoms with Gasteiger partial charge in [0.05, 0.1) is 5.52 Å². The number of carbonyl (C=O) groups is 1. The second kappa shape index (κ2) is 7.83. The Bertz CT molecular complexity index is 1130. The van der Waals surface area contributed by atoms with Crippen LogP contribution < -0.4 is 0 Å². The van der Waals surface area contributed by atoms with Crippen molar-refractivity contribution in [2.75, 3.05) is 0 Å². The molecule has 0 bridgehead atoms. The van der Waals surface area contributed by atoms with Crippen molar-refractivity contribution in [3.63, 3.8) is 0 Å². The minimum Gasteiger partial charge on any atom is -0.297 e. The molecule has 0 N–H and O–H groups in total. The molecule has 184 valence electrons. The van der Waals surface area contributed by atoms with Crippen LogP contribution in [0.1, 0.15) is 78.6 Å². The number of nitrogens with zero attached hydrogens (tertiary/aromatic N) is 3. The third-order valence-corrected chi connectivity index (χ3v) is 11.2. The molecule has 6 heteroatoms. The van der Waals surface area contributed by atoms with Crippen molar-refractivity contribution in [3.05, 3.63) is 23.8 Å². The van der Waals surface area contributed by atoms with Crippen molar-refractivity contribution in [1.29, 1.82) is 0 Å². The van der Waals surface area contributed by atoms with E-state index < -0.39 is 11.6 Å². The maximum atomic E-state index is 14.1. The van der Waals surface area contributed by atoms with Crippen molar-refractivity contribution in [2.45, 2.75) is 85.1 Å². The van der Waals surface area contributed by atoms with E-state index in [0.29, 0.717) is 16.8 Å². The predicted octanol–water partition coefficient (Wildman–Crippen LogP) is 6.57. The van der Waals surface area contributed by atoms with Gasteiger partial charge in [-0.1, -0.05) is 32.4 Å². The van der Waals surface area contributed by atoms with Gasteiger partial charge in [0.1, 0.15) is 6.54 Å². The SMILES string of the molecule is CC1CCC2(C)C(CCC3C2CCC2(C)C(C(=O)Cn4nnc5c(F)c(F)ccc54)CCC32)C1. The summed E-state index contributed by atoms with van der Waals surface area (Å²) in [5.74, 6) is 2.18. The summed E-state index contributed by atoms with van der Waals surface area (Å²) in [5, 5.41) is 7.81. The molecule has 4 saturated carbocycles. The number of halogens is 2. The summed E-state index contributed by atoms with van der Waals surface area (Å²) in [5.41, 5.74) is 0.804. The average molecular weight is 470 g/mol. The Kier molecular flexibility index (Phi) is 5.20. The molecule has 4 aliphatic carbocycles. The topological polar surface area (TPSA) is 47.8 Å². The van der Waals surface area contributed by atoms with Gasteiger partial charge in [0, 0.05) is 5.92 Å². The normalized spacial score (nSPS) is 41.7. The molecule has 0 aliphatic heterocycles. The molecule has 0 amide bonds. The Hall–Kier alpha value is -1.85. The number of hydrogen-bond acceptors (Lipinski definition) is 3. The van der Waals surface area contributed by atoms with Crippen molar-refractivity contribution in [2.24, 2.45) is 46.3 Å². The van der Waals surface area contributed by atoms with Crippen LogP contribution >= 0.6 is 0 Å². The second-order valence-corrected chi connectivity index (χ2v) is 12.7. The first-order chi connectivity index (χ1) is 16.2. The number of fused-ring (bicyclic) bond motifs is 6. The number of aromatic nitrogens is 3. The maximum absolute atomic E-state index is 14.1. The van der Waals surface area contributed by atoms with E-state index in [2.05, 4.69) is 31.1 Å². The molecule has 0 radical (unpaired) electrons. The first-order valence-electron chi connectivity index (χ1n) is 13.4. The molecular weight excluding hydrogens is 432 g/mol. The number of ketones is 1. The van der Waals surface area contributed by atoms with E-state index in [1.165, 1.54) is 49.3 Å². The summed E-state index contributed by atoms with van der Waals surface area (Å²) in [6.45, 7) is 7.48. The summed E-state index contributed by atoms with van der Waals surface area (Å²) in [7, 11) is 0. The Morgan fingerprint density at radius 1 is 1.03 bits per heavy atom. The third kappa shape index (κ3) is 3.15. The highest BCUT2D eigenvalue weighted by Gasteiger charge is 2.60. The number of carbonyl (C=O) groups excluding carboxylic acids is 1. The molecule has 8 atom stereocenters. The Balaban J connectivity index is 1.22. The van der Waals surface area contributed by atoms with Crippen LogP contribution in [0.25, 0.3) is 11.0 Å². The molecule has 1 aromatic heterocycles. The third-order valence-electron chi connectivity index (χ3n) is 11.2. The molecule has 0 spiro atoms. The molecule has 6 rings (SSSR count). The van der Waals surface area contributed by atoms with Crippen LogP contribution in [0.4, 0.5) is 8.78 Å². The Labute approximate surface area is 200 Å². The molecule has 1 heterocycles. The molecule has 4 aliphatic rings. The molecule has 1 aromatic carbocycles. The maximum Gasteiger partial charge on any atom is 0.188 e. The first-order valence-corrected chi connectivity index (χ1v) is 13.4. The van der Waals surface area contributed by atoms with Gasteiger partial charge in [0.2, 0.25) is 0 Å². The molecule has 34 heavy (non-hydrogen) atoms. The quantitative estimate of drug-likeness (QED) is 0.511. The van der Waals surface area contributed by atoms with Gasteiger partial charge in [0.25, 0.3) is 0 Å². The van der Waals surface area contributed by atoms with Crippen LogP contribution in [0.2, 0.25) is 0 Å². The van der Waals surface area contributed by atoms with Gasteiger partial charge < -0.3 is 0 Å². The van der Waals surface area contributed by atoms with Gasteiger partial charge in [-0.3, -0.25) is 4.79 Å². The van der Waals surface area contributed by atoms with Crippen LogP contribution in [-0.4, -0.2) is 20.8 Å². The van der Waals surface area contributed by atoms with Gasteiger partial charge in [-0.05, 0) is 104 Å². The predicted molar refractivity (Wildman–Crippen MR) is 127 cm³/mol. The van der Waals surface area contributed by atoms with Crippen LogP contribution in [0.15, 0.2) is 12.1 Å². The molecule has 8 unspecified atom stereocenters. The second-order valence-electron chi connectivity index (χ2n) is 12.7. The summed E-state index contributed by atoms with van der Waals surface area (Å²) in [4.78, 5) is 13.6. The van der Waals surface area contributed by atoms with Crippen molar-refractivity contribution in [1.82, 2.24) is 15.0 Å². The molecule has 4 fully saturated rings. The lowest BCUT2D eigenvalue weighted by atomic mass is 9.44. The summed E-state index contributed by atoms with van der Waals surface area (Å²) < 4.78 is 29.1. The standard InChI is InChI=1S/C28H37F2N3O/c1-16-10-12-27(2)17(14-16)4-5-18-19-6-7-21(28(19,3)13-11-20(18)27)24(34)15-33-23-9-8-22(29)25(30)26(23)31-32-33/h8-9,16-21H,4-7,10-15H2,1-3H3. The fraction of sp³-hybridized carbons (Fsp3) is 0.750. The lowest BCUT2D eigenvalue weighted by Crippen LogP contribution is -2.53. The van der Waals surface area contributed by atoms with E-state index in [1.54, 1.807) is 0 Å². The zero-order valence-electron chi connectivity index (χ0n) is 20.7. The van der Waals surface area contributed by atoms with Crippen molar-refractivity contribution in [3.8, 4) is 0 Å². The molecular formula is C28H37F2N3O. The number of Topliss-reactive ketones (excluding diaryl/α,β-unsaturated/α-hetero) is 1. The van der Waals surface area contributed by atoms with Crippen LogP contribution in [0.3, 0.4) is 0 Å². The van der Waals surface area contributed by atoms with E-state index in [4.69, 9.17) is 0 Å². The minimum atomic E-state index is -0.997. The van der Waals surface area contributed by atoms with E-state index in [1.807, 2.05) is 0 Å². The summed E-state index contributed by atoms with van der Waals surface area (Å²) >= 11 is 0. The van der Waals surface area contributed by atoms with Gasteiger partial charge >= 0.3 is 0 Å². The first kappa shape index (κ1) is 22.6. The summed E-state index contributed by atoms with van der Waals surface area (Å²) in [6, 6.07) is 2.55. The lowest BCUT2D eigenvalue weighted by molar-refractivity contribution is -0.137. The van der Waals surface area contributed by atoms with Gasteiger partial charge in [-0.15, -0.1) is 5.10 Å². The fourth-order valence-corrected chi connectivity index (χ4v) is 9.36. The fourth-order valence-electron chi connectivity index (χ4n) is 9.36. The smallest absolute Gasteiger partial charge is 0.188 e. The largest absolute Gasteiger partial charge is 0.297 e. The van der Waals surface area contributed by atoms with Crippen LogP contribution in [-0.2, 0) is 11.3 Å². The molecule has 0 saturated heterocycles. The van der Waals surface area contributed by atoms with Crippen molar-refractivity contribution >= 4 is 16.8 Å². The van der Waals surface area contributed by atoms with Gasteiger partial charge in [-0.2, -0.15) is 0 Å². The number of rotatable bonds is 3. The van der Waals surface area contributed by atoms with E-state index in [0.717, 1.165) is 49.0 Å². The van der Waals surface area contributed by atoms with Gasteiger partial charge in [0.15, 0.2) is 22.9 Å². The Morgan fingerprint density at radius 3 is 2.62 bits per heavy atom. The van der Waals surface area contributed by atoms with Gasteiger partial charge in [-0.25, -0.2) is 13.5 Å². The highest BCUT2D eigenvalue weighted by Crippen LogP contribution is 2.67. The number of hydrogen-bond donors (Lipinski definition) is 0. The van der Waals surface area contributed by atoms with E-state index in [9.17, 15) is 13.6 Å². The highest BCUT2D eigenvalue weighted by atomic mass is 19.2. The number of benzene rings is 1. The lowest BCUT2D eigenvalue weighted by Gasteiger charge is -2.61. The van der Waals surface area contributed by atoms with E-state index in [-0.39, 0.29) is 29.2 Å². The zero-order chi connectivity index (χ0) is 23.8.